The highest BCUT2D eigenvalue weighted by Gasteiger charge is 2.30. The lowest BCUT2D eigenvalue weighted by molar-refractivity contribution is -0.122. The van der Waals surface area contributed by atoms with Crippen molar-refractivity contribution in [3.8, 4) is 5.69 Å². The zero-order chi connectivity index (χ0) is 20.7. The van der Waals surface area contributed by atoms with E-state index in [1.165, 1.54) is 31.0 Å². The standard InChI is InChI=1S/C22H25N5O2S/c1-14-6-5-9-16(10-14)27-20-18(12-23-27)21(29)26-17(13-30-22(26)25-20)11-19(28)24-15-7-3-2-4-8-15/h5-6,9-10,12,15,17H,2-4,7-8,11,13H2,1H3,(H,24,28). The smallest absolute Gasteiger partial charge is 0.265 e. The maximum Gasteiger partial charge on any atom is 0.265 e. The number of nitrogens with zero attached hydrogens (tertiary/aromatic N) is 4. The monoisotopic (exact) mass is 423 g/mol. The van der Waals surface area contributed by atoms with Crippen LogP contribution in [0.1, 0.15) is 50.1 Å². The largest absolute Gasteiger partial charge is 0.353 e. The van der Waals surface area contributed by atoms with E-state index in [4.69, 9.17) is 4.98 Å². The molecule has 1 aromatic carbocycles. The minimum Gasteiger partial charge on any atom is -0.353 e. The first-order valence-corrected chi connectivity index (χ1v) is 11.6. The Morgan fingerprint density at radius 3 is 2.90 bits per heavy atom. The van der Waals surface area contributed by atoms with Gasteiger partial charge in [-0.05, 0) is 37.5 Å². The highest BCUT2D eigenvalue weighted by molar-refractivity contribution is 7.99. The molecule has 8 heteroatoms. The Kier molecular flexibility index (Phi) is 5.10. The Balaban J connectivity index is 1.43. The maximum atomic E-state index is 13.2. The van der Waals surface area contributed by atoms with Gasteiger partial charge < -0.3 is 5.32 Å². The number of carbonyl (C=O) groups excluding carboxylic acids is 1. The molecule has 1 unspecified atom stereocenters. The molecule has 7 nitrogen and oxygen atoms in total. The van der Waals surface area contributed by atoms with Crippen LogP contribution in [0.15, 0.2) is 40.4 Å². The molecule has 30 heavy (non-hydrogen) atoms. The molecule has 1 fully saturated rings. The van der Waals surface area contributed by atoms with Crippen molar-refractivity contribution in [2.75, 3.05) is 5.75 Å². The summed E-state index contributed by atoms with van der Waals surface area (Å²) in [6, 6.07) is 8.08. The first kappa shape index (κ1) is 19.4. The molecule has 0 bridgehead atoms. The summed E-state index contributed by atoms with van der Waals surface area (Å²) < 4.78 is 3.41. The molecular formula is C22H25N5O2S. The summed E-state index contributed by atoms with van der Waals surface area (Å²) in [6.45, 7) is 2.02. The van der Waals surface area contributed by atoms with E-state index in [9.17, 15) is 9.59 Å². The van der Waals surface area contributed by atoms with Crippen LogP contribution >= 0.6 is 11.8 Å². The summed E-state index contributed by atoms with van der Waals surface area (Å²) in [5, 5.41) is 8.74. The lowest BCUT2D eigenvalue weighted by Gasteiger charge is -2.23. The SMILES string of the molecule is Cc1cccc(-n2ncc3c(=O)n4c(nc32)SCC4CC(=O)NC2CCCCC2)c1. The molecule has 0 spiro atoms. The van der Waals surface area contributed by atoms with Crippen LogP contribution < -0.4 is 10.9 Å². The Morgan fingerprint density at radius 1 is 1.27 bits per heavy atom. The van der Waals surface area contributed by atoms with E-state index in [0.29, 0.717) is 28.4 Å². The van der Waals surface area contributed by atoms with Crippen molar-refractivity contribution < 1.29 is 4.79 Å². The second kappa shape index (κ2) is 7.91. The molecule has 2 aromatic heterocycles. The molecule has 1 saturated carbocycles. The number of carbonyl (C=O) groups is 1. The van der Waals surface area contributed by atoms with Gasteiger partial charge in [0, 0.05) is 18.2 Å². The van der Waals surface area contributed by atoms with E-state index >= 15 is 0 Å². The van der Waals surface area contributed by atoms with Crippen molar-refractivity contribution in [3.05, 3.63) is 46.4 Å². The minimum absolute atomic E-state index is 0.0304. The average Bonchev–Trinajstić information content (AvgIpc) is 3.34. The Morgan fingerprint density at radius 2 is 2.10 bits per heavy atom. The fraction of sp³-hybridized carbons (Fsp3) is 0.455. The van der Waals surface area contributed by atoms with Crippen molar-refractivity contribution in [2.45, 2.75) is 62.7 Å². The second-order valence-corrected chi connectivity index (χ2v) is 9.26. The topological polar surface area (TPSA) is 81.8 Å². The number of aryl methyl sites for hydroxylation is 1. The highest BCUT2D eigenvalue weighted by atomic mass is 32.2. The molecular weight excluding hydrogens is 398 g/mol. The molecule has 1 aliphatic carbocycles. The van der Waals surface area contributed by atoms with Crippen LogP contribution in [0, 0.1) is 6.92 Å². The van der Waals surface area contributed by atoms with Gasteiger partial charge in [-0.25, -0.2) is 9.67 Å². The maximum absolute atomic E-state index is 13.2. The third kappa shape index (κ3) is 3.53. The molecule has 1 aliphatic heterocycles. The summed E-state index contributed by atoms with van der Waals surface area (Å²) in [5.41, 5.74) is 2.45. The van der Waals surface area contributed by atoms with Crippen LogP contribution in [0.5, 0.6) is 0 Å². The number of aromatic nitrogens is 4. The van der Waals surface area contributed by atoms with Crippen molar-refractivity contribution in [2.24, 2.45) is 0 Å². The fourth-order valence-electron chi connectivity index (χ4n) is 4.48. The first-order valence-electron chi connectivity index (χ1n) is 10.6. The van der Waals surface area contributed by atoms with E-state index in [2.05, 4.69) is 10.4 Å². The number of hydrogen-bond donors (Lipinski definition) is 1. The van der Waals surface area contributed by atoms with Gasteiger partial charge >= 0.3 is 0 Å². The molecule has 156 valence electrons. The van der Waals surface area contributed by atoms with Crippen molar-refractivity contribution >= 4 is 28.7 Å². The number of fused-ring (bicyclic) bond motifs is 2. The van der Waals surface area contributed by atoms with Gasteiger partial charge in [0.25, 0.3) is 5.56 Å². The van der Waals surface area contributed by atoms with Crippen LogP contribution in [0.4, 0.5) is 0 Å². The van der Waals surface area contributed by atoms with Crippen LogP contribution in [0.25, 0.3) is 16.7 Å². The zero-order valence-corrected chi connectivity index (χ0v) is 17.8. The third-order valence-electron chi connectivity index (χ3n) is 6.01. The number of rotatable bonds is 4. The lowest BCUT2D eigenvalue weighted by Crippen LogP contribution is -2.38. The molecule has 3 aromatic rings. The van der Waals surface area contributed by atoms with Crippen molar-refractivity contribution in [1.29, 1.82) is 0 Å². The number of thioether (sulfide) groups is 1. The van der Waals surface area contributed by atoms with Gasteiger partial charge in [-0.3, -0.25) is 14.2 Å². The molecule has 5 rings (SSSR count). The molecule has 1 N–H and O–H groups in total. The number of hydrogen-bond acceptors (Lipinski definition) is 5. The summed E-state index contributed by atoms with van der Waals surface area (Å²) in [5.74, 6) is 0.716. The van der Waals surface area contributed by atoms with E-state index < -0.39 is 0 Å². The fourth-order valence-corrected chi connectivity index (χ4v) is 5.61. The zero-order valence-electron chi connectivity index (χ0n) is 17.0. The molecule has 2 aliphatic rings. The van der Waals surface area contributed by atoms with Crippen LogP contribution in [0.2, 0.25) is 0 Å². The average molecular weight is 424 g/mol. The van der Waals surface area contributed by atoms with Gasteiger partial charge in [-0.1, -0.05) is 43.2 Å². The quantitative estimate of drug-likeness (QED) is 0.651. The van der Waals surface area contributed by atoms with E-state index in [1.54, 1.807) is 15.4 Å². The van der Waals surface area contributed by atoms with E-state index in [-0.39, 0.29) is 23.6 Å². The van der Waals surface area contributed by atoms with Gasteiger partial charge in [0.1, 0.15) is 5.39 Å². The number of amides is 1. The van der Waals surface area contributed by atoms with Crippen LogP contribution in [0.3, 0.4) is 0 Å². The Bertz CT molecular complexity index is 1160. The Hall–Kier alpha value is -2.61. The molecule has 1 amide bonds. The van der Waals surface area contributed by atoms with Crippen molar-refractivity contribution in [3.63, 3.8) is 0 Å². The first-order chi connectivity index (χ1) is 14.6. The van der Waals surface area contributed by atoms with Crippen LogP contribution in [-0.4, -0.2) is 37.0 Å². The molecule has 1 atom stereocenters. The van der Waals surface area contributed by atoms with E-state index in [1.807, 2.05) is 31.2 Å². The van der Waals surface area contributed by atoms with Gasteiger partial charge in [-0.15, -0.1) is 0 Å². The predicted molar refractivity (Wildman–Crippen MR) is 117 cm³/mol. The molecule has 0 radical (unpaired) electrons. The Labute approximate surface area is 178 Å². The van der Waals surface area contributed by atoms with Gasteiger partial charge in [0.15, 0.2) is 10.8 Å². The highest BCUT2D eigenvalue weighted by Crippen LogP contribution is 2.33. The molecule has 3 heterocycles. The predicted octanol–water partition coefficient (Wildman–Crippen LogP) is 3.38. The summed E-state index contributed by atoms with van der Waals surface area (Å²) >= 11 is 1.53. The summed E-state index contributed by atoms with van der Waals surface area (Å²) in [6.07, 6.45) is 7.63. The lowest BCUT2D eigenvalue weighted by atomic mass is 9.95. The minimum atomic E-state index is -0.166. The number of benzene rings is 1. The van der Waals surface area contributed by atoms with E-state index in [0.717, 1.165) is 24.1 Å². The normalized spacial score (nSPS) is 19.2. The van der Waals surface area contributed by atoms with Gasteiger partial charge in [-0.2, -0.15) is 5.10 Å². The molecule has 0 saturated heterocycles. The van der Waals surface area contributed by atoms with Gasteiger partial charge in [0.05, 0.1) is 17.9 Å². The number of nitrogens with one attached hydrogen (secondary N) is 1. The summed E-state index contributed by atoms with van der Waals surface area (Å²) in [7, 11) is 0. The van der Waals surface area contributed by atoms with Crippen molar-refractivity contribution in [1.82, 2.24) is 24.6 Å². The third-order valence-corrected chi connectivity index (χ3v) is 7.11. The van der Waals surface area contributed by atoms with Gasteiger partial charge in [0.2, 0.25) is 5.91 Å². The van der Waals surface area contributed by atoms with Crippen LogP contribution in [-0.2, 0) is 4.79 Å². The second-order valence-electron chi connectivity index (χ2n) is 8.27. The summed E-state index contributed by atoms with van der Waals surface area (Å²) in [4.78, 5) is 30.6.